The van der Waals surface area contributed by atoms with Gasteiger partial charge in [0, 0.05) is 12.0 Å². The molecule has 0 heterocycles. The summed E-state index contributed by atoms with van der Waals surface area (Å²) in [6.45, 7) is 3.64. The van der Waals surface area contributed by atoms with Crippen LogP contribution in [-0.4, -0.2) is 29.8 Å². The van der Waals surface area contributed by atoms with Gasteiger partial charge in [0.1, 0.15) is 0 Å². The van der Waals surface area contributed by atoms with Crippen LogP contribution in [0.25, 0.3) is 0 Å². The zero-order valence-electron chi connectivity index (χ0n) is 12.1. The Hall–Kier alpha value is -1.69. The van der Waals surface area contributed by atoms with Crippen LogP contribution in [0, 0.1) is 17.6 Å². The molecule has 0 unspecified atom stereocenters. The predicted octanol–water partition coefficient (Wildman–Crippen LogP) is 2.14. The maximum Gasteiger partial charge on any atom is 0.315 e. The van der Waals surface area contributed by atoms with E-state index in [2.05, 4.69) is 10.6 Å². The number of amides is 2. The number of aliphatic hydroxyl groups excluding tert-OH is 1. The van der Waals surface area contributed by atoms with Crippen LogP contribution >= 0.6 is 0 Å². The van der Waals surface area contributed by atoms with Crippen LogP contribution in [-0.2, 0) is 0 Å². The van der Waals surface area contributed by atoms with E-state index in [0.717, 1.165) is 6.07 Å². The number of hydrogen-bond acceptors (Lipinski definition) is 2. The van der Waals surface area contributed by atoms with Crippen molar-refractivity contribution in [3.05, 3.63) is 35.4 Å². The molecule has 1 aliphatic carbocycles. The van der Waals surface area contributed by atoms with Crippen molar-refractivity contribution in [1.82, 2.24) is 10.6 Å². The summed E-state index contributed by atoms with van der Waals surface area (Å²) < 4.78 is 26.8. The minimum Gasteiger partial charge on any atom is -0.394 e. The first kappa shape index (κ1) is 15.7. The molecular weight excluding hydrogens is 278 g/mol. The minimum absolute atomic E-state index is 0.108. The lowest BCUT2D eigenvalue weighted by Gasteiger charge is -2.20. The molecule has 1 aliphatic rings. The van der Waals surface area contributed by atoms with Crippen molar-refractivity contribution < 1.29 is 18.7 Å². The molecule has 3 N–H and O–H groups in total. The van der Waals surface area contributed by atoms with Gasteiger partial charge in [0.25, 0.3) is 0 Å². The third-order valence-corrected chi connectivity index (χ3v) is 3.81. The number of rotatable bonds is 5. The molecule has 0 radical (unpaired) electrons. The standard InChI is InChI=1S/C15H20F2N2O2/c1-8(2)13(7-20)19-15(21)18-12-6-10(12)9-4-3-5-11(16)14(9)17/h3-5,8,10,12-13,20H,6-7H2,1-2H3,(H2,18,19,21)/t10-,12+,13+/m0/s1. The summed E-state index contributed by atoms with van der Waals surface area (Å²) in [7, 11) is 0. The zero-order chi connectivity index (χ0) is 15.6. The number of hydrogen-bond donors (Lipinski definition) is 3. The summed E-state index contributed by atoms with van der Waals surface area (Å²) in [6.07, 6.45) is 0.583. The molecule has 0 aliphatic heterocycles. The largest absolute Gasteiger partial charge is 0.394 e. The van der Waals surface area contributed by atoms with Crippen molar-refractivity contribution in [2.24, 2.45) is 5.92 Å². The molecule has 0 bridgehead atoms. The molecule has 2 rings (SSSR count). The van der Waals surface area contributed by atoms with Crippen LogP contribution < -0.4 is 10.6 Å². The van der Waals surface area contributed by atoms with Gasteiger partial charge in [0.15, 0.2) is 11.6 Å². The van der Waals surface area contributed by atoms with Crippen molar-refractivity contribution in [1.29, 1.82) is 0 Å². The Balaban J connectivity index is 1.89. The highest BCUT2D eigenvalue weighted by atomic mass is 19.2. The minimum atomic E-state index is -0.872. The quantitative estimate of drug-likeness (QED) is 0.780. The van der Waals surface area contributed by atoms with Crippen LogP contribution in [0.3, 0.4) is 0 Å². The van der Waals surface area contributed by atoms with Crippen LogP contribution in [0.5, 0.6) is 0 Å². The highest BCUT2D eigenvalue weighted by Crippen LogP contribution is 2.42. The van der Waals surface area contributed by atoms with E-state index in [-0.39, 0.29) is 30.5 Å². The smallest absolute Gasteiger partial charge is 0.315 e. The van der Waals surface area contributed by atoms with Crippen LogP contribution in [0.1, 0.15) is 31.7 Å². The van der Waals surface area contributed by atoms with Crippen molar-refractivity contribution in [2.45, 2.75) is 38.3 Å². The van der Waals surface area contributed by atoms with Gasteiger partial charge < -0.3 is 15.7 Å². The molecule has 4 nitrogen and oxygen atoms in total. The molecule has 0 spiro atoms. The number of nitrogens with one attached hydrogen (secondary N) is 2. The normalized spacial score (nSPS) is 22.0. The second kappa shape index (κ2) is 6.39. The van der Waals surface area contributed by atoms with E-state index >= 15 is 0 Å². The number of carbonyl (C=O) groups excluding carboxylic acids is 1. The van der Waals surface area contributed by atoms with E-state index < -0.39 is 17.7 Å². The van der Waals surface area contributed by atoms with Crippen molar-refractivity contribution in [3.8, 4) is 0 Å². The van der Waals surface area contributed by atoms with Gasteiger partial charge in [0.2, 0.25) is 0 Å². The highest BCUT2D eigenvalue weighted by Gasteiger charge is 2.41. The van der Waals surface area contributed by atoms with Gasteiger partial charge in [-0.3, -0.25) is 0 Å². The molecule has 6 heteroatoms. The second-order valence-corrected chi connectivity index (χ2v) is 5.74. The van der Waals surface area contributed by atoms with E-state index in [0.29, 0.717) is 12.0 Å². The molecule has 116 valence electrons. The number of aliphatic hydroxyl groups is 1. The first-order valence-corrected chi connectivity index (χ1v) is 7.05. The third-order valence-electron chi connectivity index (χ3n) is 3.81. The lowest BCUT2D eigenvalue weighted by Crippen LogP contribution is -2.47. The molecule has 1 saturated carbocycles. The average Bonchev–Trinajstić information content (AvgIpc) is 3.17. The van der Waals surface area contributed by atoms with Crippen LogP contribution in [0.15, 0.2) is 18.2 Å². The third kappa shape index (κ3) is 3.69. The van der Waals surface area contributed by atoms with Gasteiger partial charge in [-0.2, -0.15) is 0 Å². The summed E-state index contributed by atoms with van der Waals surface area (Å²) in [5, 5.41) is 14.5. The van der Waals surface area contributed by atoms with E-state index in [1.807, 2.05) is 13.8 Å². The fourth-order valence-electron chi connectivity index (χ4n) is 2.31. The zero-order valence-corrected chi connectivity index (χ0v) is 12.1. The summed E-state index contributed by atoms with van der Waals surface area (Å²) in [4.78, 5) is 11.8. The van der Waals surface area contributed by atoms with Gasteiger partial charge in [-0.05, 0) is 24.0 Å². The Morgan fingerprint density at radius 3 is 2.76 bits per heavy atom. The summed E-state index contributed by atoms with van der Waals surface area (Å²) >= 11 is 0. The summed E-state index contributed by atoms with van der Waals surface area (Å²) in [6, 6.07) is 3.15. The van der Waals surface area contributed by atoms with Crippen LogP contribution in [0.4, 0.5) is 13.6 Å². The predicted molar refractivity (Wildman–Crippen MR) is 74.9 cm³/mol. The summed E-state index contributed by atoms with van der Waals surface area (Å²) in [5.74, 6) is -1.81. The van der Waals surface area contributed by atoms with E-state index in [9.17, 15) is 13.6 Å². The van der Waals surface area contributed by atoms with Gasteiger partial charge in [-0.25, -0.2) is 13.6 Å². The van der Waals surface area contributed by atoms with E-state index in [1.54, 1.807) is 0 Å². The fourth-order valence-corrected chi connectivity index (χ4v) is 2.31. The van der Waals surface area contributed by atoms with Gasteiger partial charge >= 0.3 is 6.03 Å². The maximum atomic E-state index is 13.6. The van der Waals surface area contributed by atoms with Gasteiger partial charge in [0.05, 0.1) is 12.6 Å². The SMILES string of the molecule is CC(C)[C@@H](CO)NC(=O)N[C@@H]1C[C@H]1c1cccc(F)c1F. The molecule has 0 aromatic heterocycles. The molecule has 2 amide bonds. The summed E-state index contributed by atoms with van der Waals surface area (Å²) in [5.41, 5.74) is 0.294. The molecule has 1 fully saturated rings. The number of carbonyl (C=O) groups is 1. The Bertz CT molecular complexity index is 522. The molecule has 21 heavy (non-hydrogen) atoms. The average molecular weight is 298 g/mol. The lowest BCUT2D eigenvalue weighted by atomic mass is 10.1. The number of halogens is 2. The van der Waals surface area contributed by atoms with Gasteiger partial charge in [-0.15, -0.1) is 0 Å². The van der Waals surface area contributed by atoms with Crippen molar-refractivity contribution in [2.75, 3.05) is 6.61 Å². The molecule has 1 aromatic rings. The molecule has 3 atom stereocenters. The van der Waals surface area contributed by atoms with E-state index in [4.69, 9.17) is 5.11 Å². The first-order chi connectivity index (χ1) is 9.93. The maximum absolute atomic E-state index is 13.6. The topological polar surface area (TPSA) is 61.4 Å². The van der Waals surface area contributed by atoms with Gasteiger partial charge in [-0.1, -0.05) is 26.0 Å². The first-order valence-electron chi connectivity index (χ1n) is 7.05. The Morgan fingerprint density at radius 1 is 1.43 bits per heavy atom. The van der Waals surface area contributed by atoms with Crippen molar-refractivity contribution >= 4 is 6.03 Å². The second-order valence-electron chi connectivity index (χ2n) is 5.74. The Morgan fingerprint density at radius 2 is 2.14 bits per heavy atom. The number of benzene rings is 1. The Labute approximate surface area is 122 Å². The van der Waals surface area contributed by atoms with E-state index in [1.165, 1.54) is 12.1 Å². The highest BCUT2D eigenvalue weighted by molar-refractivity contribution is 5.75. The molecule has 1 aromatic carbocycles. The molecule has 0 saturated heterocycles. The Kier molecular flexibility index (Phi) is 4.77. The number of urea groups is 1. The monoisotopic (exact) mass is 298 g/mol. The molecular formula is C15H20F2N2O2. The van der Waals surface area contributed by atoms with Crippen molar-refractivity contribution in [3.63, 3.8) is 0 Å². The lowest BCUT2D eigenvalue weighted by molar-refractivity contribution is 0.198. The fraction of sp³-hybridized carbons (Fsp3) is 0.533. The van der Waals surface area contributed by atoms with Crippen LogP contribution in [0.2, 0.25) is 0 Å².